The maximum Gasteiger partial charge on any atom is 0.321 e. The minimum atomic E-state index is -0.908. The Hall–Kier alpha value is -2.77. The Morgan fingerprint density at radius 1 is 1.36 bits per heavy atom. The second-order valence-electron chi connectivity index (χ2n) is 6.24. The Morgan fingerprint density at radius 3 is 2.76 bits per heavy atom. The third-order valence-corrected chi connectivity index (χ3v) is 4.11. The SMILES string of the molecule is CCNC(=O)COc1cccc(NC(=O)N2CCC(C)(C(=O)O)C2)c1. The van der Waals surface area contributed by atoms with Crippen LogP contribution in [0.15, 0.2) is 24.3 Å². The van der Waals surface area contributed by atoms with Crippen molar-refractivity contribution in [1.82, 2.24) is 10.2 Å². The number of anilines is 1. The van der Waals surface area contributed by atoms with Crippen molar-refractivity contribution in [1.29, 1.82) is 0 Å². The number of carbonyl (C=O) groups is 3. The second kappa shape index (κ2) is 7.87. The van der Waals surface area contributed by atoms with Gasteiger partial charge in [0.05, 0.1) is 5.41 Å². The molecule has 3 N–H and O–H groups in total. The highest BCUT2D eigenvalue weighted by Gasteiger charge is 2.42. The molecule has 1 atom stereocenters. The number of aliphatic carboxylic acids is 1. The molecule has 1 heterocycles. The van der Waals surface area contributed by atoms with Gasteiger partial charge in [-0.05, 0) is 32.4 Å². The zero-order valence-corrected chi connectivity index (χ0v) is 14.4. The Bertz CT molecular complexity index is 663. The lowest BCUT2D eigenvalue weighted by molar-refractivity contribution is -0.147. The van der Waals surface area contributed by atoms with Crippen LogP contribution in [0.5, 0.6) is 5.75 Å². The molecule has 8 heteroatoms. The van der Waals surface area contributed by atoms with Crippen molar-refractivity contribution in [2.75, 3.05) is 31.6 Å². The summed E-state index contributed by atoms with van der Waals surface area (Å²) in [6.45, 7) is 4.45. The molecule has 1 aromatic rings. The van der Waals surface area contributed by atoms with Crippen molar-refractivity contribution < 1.29 is 24.2 Å². The first kappa shape index (κ1) is 18.6. The summed E-state index contributed by atoms with van der Waals surface area (Å²) in [7, 11) is 0. The third kappa shape index (κ3) is 4.85. The summed E-state index contributed by atoms with van der Waals surface area (Å²) in [5.41, 5.74) is -0.392. The molecule has 25 heavy (non-hydrogen) atoms. The van der Waals surface area contributed by atoms with Crippen LogP contribution in [-0.2, 0) is 9.59 Å². The van der Waals surface area contributed by atoms with E-state index in [1.807, 2.05) is 6.92 Å². The summed E-state index contributed by atoms with van der Waals surface area (Å²) in [4.78, 5) is 36.5. The van der Waals surface area contributed by atoms with E-state index in [4.69, 9.17) is 4.74 Å². The molecule has 0 aromatic heterocycles. The van der Waals surface area contributed by atoms with Crippen molar-refractivity contribution in [3.8, 4) is 5.75 Å². The molecule has 0 aliphatic carbocycles. The predicted molar refractivity (Wildman–Crippen MR) is 91.6 cm³/mol. The van der Waals surface area contributed by atoms with Gasteiger partial charge in [-0.2, -0.15) is 0 Å². The fourth-order valence-corrected chi connectivity index (χ4v) is 2.57. The van der Waals surface area contributed by atoms with Crippen LogP contribution in [0.3, 0.4) is 0 Å². The molecule has 0 radical (unpaired) electrons. The number of carbonyl (C=O) groups excluding carboxylic acids is 2. The molecular weight excluding hydrogens is 326 g/mol. The number of nitrogens with one attached hydrogen (secondary N) is 2. The number of nitrogens with zero attached hydrogens (tertiary/aromatic N) is 1. The molecule has 1 saturated heterocycles. The van der Waals surface area contributed by atoms with E-state index >= 15 is 0 Å². The van der Waals surface area contributed by atoms with Crippen LogP contribution in [0.1, 0.15) is 20.3 Å². The standard InChI is InChI=1S/C17H23N3O5/c1-3-18-14(21)10-25-13-6-4-5-12(9-13)19-16(24)20-8-7-17(2,11-20)15(22)23/h4-6,9H,3,7-8,10-11H2,1-2H3,(H,18,21)(H,19,24)(H,22,23). The smallest absolute Gasteiger partial charge is 0.321 e. The van der Waals surface area contributed by atoms with Gasteiger partial charge < -0.3 is 25.4 Å². The van der Waals surface area contributed by atoms with Gasteiger partial charge in [-0.25, -0.2) is 4.79 Å². The van der Waals surface area contributed by atoms with Crippen LogP contribution in [0, 0.1) is 5.41 Å². The number of amides is 3. The zero-order valence-electron chi connectivity index (χ0n) is 14.4. The first-order valence-electron chi connectivity index (χ1n) is 8.13. The molecule has 0 spiro atoms. The van der Waals surface area contributed by atoms with Crippen LogP contribution in [0.2, 0.25) is 0 Å². The van der Waals surface area contributed by atoms with Gasteiger partial charge >= 0.3 is 12.0 Å². The van der Waals surface area contributed by atoms with Gasteiger partial charge in [0.2, 0.25) is 0 Å². The summed E-state index contributed by atoms with van der Waals surface area (Å²) < 4.78 is 5.38. The summed E-state index contributed by atoms with van der Waals surface area (Å²) in [5, 5.41) is 14.6. The molecule has 2 rings (SSSR count). The summed E-state index contributed by atoms with van der Waals surface area (Å²) in [6, 6.07) is 6.35. The summed E-state index contributed by atoms with van der Waals surface area (Å²) in [6.07, 6.45) is 0.422. The monoisotopic (exact) mass is 349 g/mol. The molecule has 1 aliphatic heterocycles. The van der Waals surface area contributed by atoms with E-state index in [9.17, 15) is 19.5 Å². The Labute approximate surface area is 146 Å². The van der Waals surface area contributed by atoms with E-state index in [0.29, 0.717) is 30.9 Å². The topological polar surface area (TPSA) is 108 Å². The first-order valence-corrected chi connectivity index (χ1v) is 8.13. The van der Waals surface area contributed by atoms with Gasteiger partial charge in [0.25, 0.3) is 5.91 Å². The number of hydrogen-bond acceptors (Lipinski definition) is 4. The normalized spacial score (nSPS) is 19.4. The second-order valence-corrected chi connectivity index (χ2v) is 6.24. The van der Waals surface area contributed by atoms with Gasteiger partial charge in [-0.15, -0.1) is 0 Å². The number of carboxylic acids is 1. The molecule has 1 aliphatic rings. The number of carboxylic acid groups (broad SMARTS) is 1. The van der Waals surface area contributed by atoms with E-state index in [2.05, 4.69) is 10.6 Å². The predicted octanol–water partition coefficient (Wildman–Crippen LogP) is 1.53. The van der Waals surface area contributed by atoms with Crippen molar-refractivity contribution in [2.24, 2.45) is 5.41 Å². The van der Waals surface area contributed by atoms with Crippen LogP contribution < -0.4 is 15.4 Å². The van der Waals surface area contributed by atoms with Crippen molar-refractivity contribution >= 4 is 23.6 Å². The van der Waals surface area contributed by atoms with E-state index in [-0.39, 0.29) is 25.1 Å². The Kier molecular flexibility index (Phi) is 5.84. The van der Waals surface area contributed by atoms with Crippen LogP contribution in [0.4, 0.5) is 10.5 Å². The van der Waals surface area contributed by atoms with Crippen molar-refractivity contribution in [2.45, 2.75) is 20.3 Å². The lowest BCUT2D eigenvalue weighted by Gasteiger charge is -2.20. The number of ether oxygens (including phenoxy) is 1. The highest BCUT2D eigenvalue weighted by atomic mass is 16.5. The largest absolute Gasteiger partial charge is 0.484 e. The molecule has 1 unspecified atom stereocenters. The molecular formula is C17H23N3O5. The van der Waals surface area contributed by atoms with E-state index in [1.165, 1.54) is 4.90 Å². The lowest BCUT2D eigenvalue weighted by atomic mass is 9.90. The Morgan fingerprint density at radius 2 is 2.12 bits per heavy atom. The minimum absolute atomic E-state index is 0.103. The third-order valence-electron chi connectivity index (χ3n) is 4.11. The van der Waals surface area contributed by atoms with E-state index in [1.54, 1.807) is 31.2 Å². The quantitative estimate of drug-likeness (QED) is 0.722. The molecule has 136 valence electrons. The number of likely N-dealkylation sites (N-methyl/N-ethyl adjacent to an activating group) is 1. The summed E-state index contributed by atoms with van der Waals surface area (Å²) >= 11 is 0. The van der Waals surface area contributed by atoms with Crippen molar-refractivity contribution in [3.05, 3.63) is 24.3 Å². The molecule has 1 fully saturated rings. The fourth-order valence-electron chi connectivity index (χ4n) is 2.57. The average molecular weight is 349 g/mol. The van der Waals surface area contributed by atoms with Gasteiger partial charge in [0, 0.05) is 31.4 Å². The molecule has 0 saturated carbocycles. The van der Waals surface area contributed by atoms with Crippen LogP contribution in [-0.4, -0.2) is 54.2 Å². The molecule has 0 bridgehead atoms. The first-order chi connectivity index (χ1) is 11.8. The highest BCUT2D eigenvalue weighted by Crippen LogP contribution is 2.30. The lowest BCUT2D eigenvalue weighted by Crippen LogP contribution is -2.37. The number of urea groups is 1. The molecule has 8 nitrogen and oxygen atoms in total. The van der Waals surface area contributed by atoms with Crippen LogP contribution >= 0.6 is 0 Å². The summed E-state index contributed by atoms with van der Waals surface area (Å²) in [5.74, 6) is -0.661. The maximum absolute atomic E-state index is 12.3. The number of likely N-dealkylation sites (tertiary alicyclic amines) is 1. The zero-order chi connectivity index (χ0) is 18.4. The highest BCUT2D eigenvalue weighted by molar-refractivity contribution is 5.90. The van der Waals surface area contributed by atoms with Gasteiger partial charge in [-0.3, -0.25) is 9.59 Å². The van der Waals surface area contributed by atoms with Crippen molar-refractivity contribution in [3.63, 3.8) is 0 Å². The minimum Gasteiger partial charge on any atom is -0.484 e. The number of benzene rings is 1. The Balaban J connectivity index is 1.92. The number of rotatable bonds is 6. The molecule has 3 amide bonds. The maximum atomic E-state index is 12.3. The van der Waals surface area contributed by atoms with Gasteiger partial charge in [-0.1, -0.05) is 6.07 Å². The van der Waals surface area contributed by atoms with E-state index < -0.39 is 11.4 Å². The van der Waals surface area contributed by atoms with Gasteiger partial charge in [0.15, 0.2) is 6.61 Å². The van der Waals surface area contributed by atoms with Crippen LogP contribution in [0.25, 0.3) is 0 Å². The van der Waals surface area contributed by atoms with Gasteiger partial charge in [0.1, 0.15) is 5.75 Å². The number of hydrogen-bond donors (Lipinski definition) is 3. The fraction of sp³-hybridized carbons (Fsp3) is 0.471. The molecule has 1 aromatic carbocycles. The average Bonchev–Trinajstić information content (AvgIpc) is 2.98. The van der Waals surface area contributed by atoms with E-state index in [0.717, 1.165) is 0 Å².